The number of esters is 1. The highest BCUT2D eigenvalue weighted by molar-refractivity contribution is 6.30. The van der Waals surface area contributed by atoms with Crippen LogP contribution in [0.5, 0.6) is 0 Å². The maximum atomic E-state index is 11.9. The second-order valence-electron chi connectivity index (χ2n) is 5.58. The van der Waals surface area contributed by atoms with Crippen molar-refractivity contribution in [2.45, 2.75) is 6.54 Å². The first-order valence-corrected chi connectivity index (χ1v) is 8.23. The van der Waals surface area contributed by atoms with E-state index in [-0.39, 0.29) is 5.82 Å². The summed E-state index contributed by atoms with van der Waals surface area (Å²) in [5, 5.41) is 4.81. The Kier molecular flexibility index (Phi) is 4.14. The van der Waals surface area contributed by atoms with Crippen molar-refractivity contribution < 1.29 is 9.53 Å². The van der Waals surface area contributed by atoms with Crippen LogP contribution in [0.2, 0.25) is 5.02 Å². The molecular weight excluding hydrogens is 354 g/mol. The smallest absolute Gasteiger partial charge is 0.375 e. The van der Waals surface area contributed by atoms with Crippen LogP contribution in [0.15, 0.2) is 55.0 Å². The number of rotatable bonds is 4. The SMILES string of the molecule is COC(=O)c1ncnn1Cc1c(-c2ccc(Cl)cc2)nc2ccccn12. The first-order chi connectivity index (χ1) is 12.7. The van der Waals surface area contributed by atoms with Crippen molar-refractivity contribution in [1.29, 1.82) is 0 Å². The molecule has 0 atom stereocenters. The van der Waals surface area contributed by atoms with Gasteiger partial charge in [0.15, 0.2) is 0 Å². The van der Waals surface area contributed by atoms with Crippen molar-refractivity contribution in [3.63, 3.8) is 0 Å². The molecule has 0 radical (unpaired) electrons. The van der Waals surface area contributed by atoms with E-state index >= 15 is 0 Å². The molecule has 0 saturated carbocycles. The van der Waals surface area contributed by atoms with E-state index in [9.17, 15) is 4.79 Å². The maximum Gasteiger partial charge on any atom is 0.375 e. The van der Waals surface area contributed by atoms with Crippen molar-refractivity contribution in [2.75, 3.05) is 7.11 Å². The number of nitrogens with zero attached hydrogens (tertiary/aromatic N) is 5. The molecule has 4 aromatic rings. The highest BCUT2D eigenvalue weighted by Gasteiger charge is 2.19. The third-order valence-corrected chi connectivity index (χ3v) is 4.28. The van der Waals surface area contributed by atoms with E-state index in [1.54, 1.807) is 0 Å². The van der Waals surface area contributed by atoms with Gasteiger partial charge in [-0.1, -0.05) is 29.8 Å². The van der Waals surface area contributed by atoms with Crippen LogP contribution < -0.4 is 0 Å². The first-order valence-electron chi connectivity index (χ1n) is 7.85. The van der Waals surface area contributed by atoms with Gasteiger partial charge in [0.05, 0.1) is 25.0 Å². The second-order valence-corrected chi connectivity index (χ2v) is 6.01. The Morgan fingerprint density at radius 3 is 2.77 bits per heavy atom. The van der Waals surface area contributed by atoms with Crippen molar-refractivity contribution >= 4 is 23.2 Å². The molecule has 0 fully saturated rings. The van der Waals surface area contributed by atoms with Crippen LogP contribution in [0.1, 0.15) is 16.3 Å². The Balaban J connectivity index is 1.86. The summed E-state index contributed by atoms with van der Waals surface area (Å²) >= 11 is 6.00. The summed E-state index contributed by atoms with van der Waals surface area (Å²) in [4.78, 5) is 20.6. The zero-order chi connectivity index (χ0) is 18.1. The Morgan fingerprint density at radius 1 is 1.19 bits per heavy atom. The fourth-order valence-corrected chi connectivity index (χ4v) is 2.93. The Hall–Kier alpha value is -3.19. The van der Waals surface area contributed by atoms with Crippen LogP contribution in [0.3, 0.4) is 0 Å². The lowest BCUT2D eigenvalue weighted by molar-refractivity contribution is 0.0580. The molecule has 0 aliphatic heterocycles. The minimum absolute atomic E-state index is 0.139. The van der Waals surface area contributed by atoms with Crippen LogP contribution in [0, 0.1) is 0 Å². The summed E-state index contributed by atoms with van der Waals surface area (Å²) in [6.45, 7) is 0.313. The van der Waals surface area contributed by atoms with Gasteiger partial charge >= 0.3 is 5.97 Å². The molecule has 0 bridgehead atoms. The molecule has 3 heterocycles. The van der Waals surface area contributed by atoms with E-state index in [1.807, 2.05) is 53.1 Å². The van der Waals surface area contributed by atoms with Gasteiger partial charge in [-0.05, 0) is 24.3 Å². The van der Waals surface area contributed by atoms with Crippen molar-refractivity contribution in [2.24, 2.45) is 0 Å². The molecule has 0 saturated heterocycles. The zero-order valence-electron chi connectivity index (χ0n) is 13.8. The number of methoxy groups -OCH3 is 1. The number of hydrogen-bond acceptors (Lipinski definition) is 5. The van der Waals surface area contributed by atoms with E-state index in [0.717, 1.165) is 22.6 Å². The molecule has 0 N–H and O–H groups in total. The molecule has 4 rings (SSSR count). The van der Waals surface area contributed by atoms with Gasteiger partial charge in [0, 0.05) is 16.8 Å². The van der Waals surface area contributed by atoms with Gasteiger partial charge in [-0.25, -0.2) is 19.4 Å². The number of pyridine rings is 1. The van der Waals surface area contributed by atoms with Crippen LogP contribution in [-0.4, -0.2) is 37.2 Å². The van der Waals surface area contributed by atoms with Gasteiger partial charge in [0.2, 0.25) is 5.82 Å². The van der Waals surface area contributed by atoms with Crippen molar-refractivity contribution in [1.82, 2.24) is 24.1 Å². The molecular formula is C18H14ClN5O2. The fourth-order valence-electron chi connectivity index (χ4n) is 2.81. The van der Waals surface area contributed by atoms with E-state index in [1.165, 1.54) is 18.1 Å². The molecule has 3 aromatic heterocycles. The minimum atomic E-state index is -0.538. The molecule has 0 aliphatic carbocycles. The van der Waals surface area contributed by atoms with Crippen molar-refractivity contribution in [3.8, 4) is 11.3 Å². The molecule has 1 aromatic carbocycles. The zero-order valence-corrected chi connectivity index (χ0v) is 14.6. The Bertz CT molecular complexity index is 1080. The van der Waals surface area contributed by atoms with Crippen LogP contribution in [-0.2, 0) is 11.3 Å². The molecule has 0 spiro atoms. The summed E-state index contributed by atoms with van der Waals surface area (Å²) in [7, 11) is 1.31. The molecule has 0 unspecified atom stereocenters. The van der Waals surface area contributed by atoms with Crippen LogP contribution in [0.4, 0.5) is 0 Å². The highest BCUT2D eigenvalue weighted by atomic mass is 35.5. The minimum Gasteiger partial charge on any atom is -0.463 e. The predicted molar refractivity (Wildman–Crippen MR) is 96.1 cm³/mol. The normalized spacial score (nSPS) is 11.0. The molecule has 7 nitrogen and oxygen atoms in total. The highest BCUT2D eigenvalue weighted by Crippen LogP contribution is 2.26. The quantitative estimate of drug-likeness (QED) is 0.518. The Morgan fingerprint density at radius 2 is 2.00 bits per heavy atom. The van der Waals surface area contributed by atoms with Gasteiger partial charge in [-0.2, -0.15) is 5.10 Å². The first kappa shape index (κ1) is 16.3. The molecule has 0 amide bonds. The number of halogens is 1. The number of imidazole rings is 1. The number of hydrogen-bond donors (Lipinski definition) is 0. The summed E-state index contributed by atoms with van der Waals surface area (Å²) in [5.41, 5.74) is 3.39. The molecule has 8 heteroatoms. The van der Waals surface area contributed by atoms with Gasteiger partial charge in [-0.15, -0.1) is 0 Å². The van der Waals surface area contributed by atoms with Gasteiger partial charge in [-0.3, -0.25) is 0 Å². The Labute approximate surface area is 153 Å². The average Bonchev–Trinajstić information content (AvgIpc) is 3.27. The van der Waals surface area contributed by atoms with Crippen molar-refractivity contribution in [3.05, 3.63) is 71.5 Å². The molecule has 26 heavy (non-hydrogen) atoms. The summed E-state index contributed by atoms with van der Waals surface area (Å²) < 4.78 is 8.24. The summed E-state index contributed by atoms with van der Waals surface area (Å²) in [6, 6.07) is 13.2. The van der Waals surface area contributed by atoms with Crippen LogP contribution in [0.25, 0.3) is 16.9 Å². The van der Waals surface area contributed by atoms with Gasteiger partial charge in [0.25, 0.3) is 0 Å². The third kappa shape index (κ3) is 2.82. The van der Waals surface area contributed by atoms with E-state index in [2.05, 4.69) is 10.1 Å². The number of fused-ring (bicyclic) bond motifs is 1. The largest absolute Gasteiger partial charge is 0.463 e. The lowest BCUT2D eigenvalue weighted by Crippen LogP contribution is -2.15. The maximum absolute atomic E-state index is 11.9. The topological polar surface area (TPSA) is 74.3 Å². The number of aromatic nitrogens is 5. The standard InChI is InChI=1S/C18H14ClN5O2/c1-26-18(25)17-20-11-21-24(17)10-14-16(12-5-7-13(19)8-6-12)22-15-4-2-3-9-23(14)15/h2-9,11H,10H2,1H3. The third-order valence-electron chi connectivity index (χ3n) is 4.03. The van der Waals surface area contributed by atoms with E-state index in [4.69, 9.17) is 21.3 Å². The van der Waals surface area contributed by atoms with Crippen LogP contribution >= 0.6 is 11.6 Å². The van der Waals surface area contributed by atoms with Gasteiger partial charge in [0.1, 0.15) is 12.0 Å². The number of carbonyl (C=O) groups is 1. The van der Waals surface area contributed by atoms with Gasteiger partial charge < -0.3 is 9.14 Å². The number of carbonyl (C=O) groups excluding carboxylic acids is 1. The molecule has 0 aliphatic rings. The predicted octanol–water partition coefficient (Wildman–Crippen LogP) is 3.08. The fraction of sp³-hybridized carbons (Fsp3) is 0.111. The monoisotopic (exact) mass is 367 g/mol. The lowest BCUT2D eigenvalue weighted by Gasteiger charge is -2.08. The summed E-state index contributed by atoms with van der Waals surface area (Å²) in [6.07, 6.45) is 3.25. The average molecular weight is 368 g/mol. The lowest BCUT2D eigenvalue weighted by atomic mass is 10.1. The number of benzene rings is 1. The molecule has 130 valence electrons. The van der Waals surface area contributed by atoms with E-state index < -0.39 is 5.97 Å². The second kappa shape index (κ2) is 6.61. The number of ether oxygens (including phenoxy) is 1. The van der Waals surface area contributed by atoms with E-state index in [0.29, 0.717) is 11.6 Å². The summed E-state index contributed by atoms with van der Waals surface area (Å²) in [5.74, 6) is -0.398.